The van der Waals surface area contributed by atoms with E-state index in [0.717, 1.165) is 47.4 Å². The predicted molar refractivity (Wildman–Crippen MR) is 143 cm³/mol. The van der Waals surface area contributed by atoms with E-state index in [2.05, 4.69) is 9.88 Å². The SMILES string of the molecule is CC(=O)N1CCC[C@H](Cn2c(-c3cc(C)c(=O)n(C)c3)nc3ccc(CN[C@H](C(=O)Cl)[C@@H](C)O)cc32)C1. The number of amides is 1. The molecule has 0 unspecified atom stereocenters. The molecule has 10 heteroatoms. The van der Waals surface area contributed by atoms with Crippen molar-refractivity contribution in [1.29, 1.82) is 0 Å². The first-order chi connectivity index (χ1) is 17.5. The van der Waals surface area contributed by atoms with E-state index in [1.165, 1.54) is 6.92 Å². The number of carbonyl (C=O) groups excluding carboxylic acids is 2. The fourth-order valence-corrected chi connectivity index (χ4v) is 5.37. The quantitative estimate of drug-likeness (QED) is 0.436. The van der Waals surface area contributed by atoms with E-state index < -0.39 is 17.4 Å². The molecule has 1 aliphatic rings. The Balaban J connectivity index is 1.75. The molecule has 3 aromatic rings. The number of hydrogen-bond donors (Lipinski definition) is 2. The van der Waals surface area contributed by atoms with Gasteiger partial charge in [0, 0.05) is 57.5 Å². The van der Waals surface area contributed by atoms with Crippen molar-refractivity contribution >= 4 is 33.8 Å². The monoisotopic (exact) mass is 527 g/mol. The lowest BCUT2D eigenvalue weighted by Crippen LogP contribution is -2.42. The van der Waals surface area contributed by atoms with E-state index in [4.69, 9.17) is 16.6 Å². The summed E-state index contributed by atoms with van der Waals surface area (Å²) in [5.74, 6) is 1.11. The molecule has 2 N–H and O–H groups in total. The zero-order valence-corrected chi connectivity index (χ0v) is 22.5. The number of benzene rings is 1. The molecule has 4 rings (SSSR count). The second kappa shape index (κ2) is 11.2. The Kier molecular flexibility index (Phi) is 8.16. The summed E-state index contributed by atoms with van der Waals surface area (Å²) in [6.45, 7) is 7.41. The Bertz CT molecular complexity index is 1350. The fraction of sp³-hybridized carbons (Fsp3) is 0.481. The van der Waals surface area contributed by atoms with Gasteiger partial charge in [0.05, 0.1) is 17.1 Å². The molecule has 0 saturated carbocycles. The van der Waals surface area contributed by atoms with E-state index >= 15 is 0 Å². The number of aromatic nitrogens is 3. The van der Waals surface area contributed by atoms with Crippen LogP contribution in [0.3, 0.4) is 0 Å². The maximum absolute atomic E-state index is 12.3. The van der Waals surface area contributed by atoms with Gasteiger partial charge in [-0.1, -0.05) is 6.07 Å². The average molecular weight is 528 g/mol. The number of likely N-dealkylation sites (tertiary alicyclic amines) is 1. The Labute approximate surface area is 221 Å². The van der Waals surface area contributed by atoms with Crippen LogP contribution in [0, 0.1) is 12.8 Å². The molecular formula is C27H34ClN5O4. The maximum Gasteiger partial charge on any atom is 0.253 e. The predicted octanol–water partition coefficient (Wildman–Crippen LogP) is 2.57. The number of piperidine rings is 1. The first kappa shape index (κ1) is 27.0. The van der Waals surface area contributed by atoms with Crippen molar-refractivity contribution in [3.8, 4) is 11.4 Å². The number of rotatable bonds is 8. The van der Waals surface area contributed by atoms with Gasteiger partial charge < -0.3 is 24.5 Å². The Morgan fingerprint density at radius 3 is 2.70 bits per heavy atom. The highest BCUT2D eigenvalue weighted by molar-refractivity contribution is 6.64. The van der Waals surface area contributed by atoms with E-state index in [1.807, 2.05) is 29.2 Å². The zero-order valence-electron chi connectivity index (χ0n) is 21.7. The second-order valence-electron chi connectivity index (χ2n) is 10.1. The van der Waals surface area contributed by atoms with Crippen LogP contribution in [0.1, 0.15) is 37.8 Å². The van der Waals surface area contributed by atoms with Crippen LogP contribution < -0.4 is 10.9 Å². The van der Waals surface area contributed by atoms with Crippen LogP contribution in [-0.4, -0.2) is 60.5 Å². The van der Waals surface area contributed by atoms with Gasteiger partial charge in [-0.15, -0.1) is 0 Å². The molecule has 0 bridgehead atoms. The molecule has 198 valence electrons. The van der Waals surface area contributed by atoms with Crippen molar-refractivity contribution in [3.05, 3.63) is 51.9 Å². The van der Waals surface area contributed by atoms with Gasteiger partial charge in [0.15, 0.2) is 0 Å². The lowest BCUT2D eigenvalue weighted by molar-refractivity contribution is -0.130. The van der Waals surface area contributed by atoms with E-state index in [0.29, 0.717) is 25.2 Å². The van der Waals surface area contributed by atoms with Crippen LogP contribution in [-0.2, 0) is 29.7 Å². The molecular weight excluding hydrogens is 494 g/mol. The molecule has 9 nitrogen and oxygen atoms in total. The third-order valence-corrected chi connectivity index (χ3v) is 7.33. The summed E-state index contributed by atoms with van der Waals surface area (Å²) < 4.78 is 3.74. The van der Waals surface area contributed by atoms with Gasteiger partial charge >= 0.3 is 0 Å². The van der Waals surface area contributed by atoms with Gasteiger partial charge in [0.25, 0.3) is 5.56 Å². The number of nitrogens with zero attached hydrogens (tertiary/aromatic N) is 4. The normalized spacial score (nSPS) is 17.7. The summed E-state index contributed by atoms with van der Waals surface area (Å²) >= 11 is 5.65. The van der Waals surface area contributed by atoms with Crippen LogP contribution in [0.5, 0.6) is 0 Å². The minimum absolute atomic E-state index is 0.0503. The minimum Gasteiger partial charge on any atom is -0.391 e. The largest absolute Gasteiger partial charge is 0.391 e. The number of aryl methyl sites for hydroxylation is 2. The van der Waals surface area contributed by atoms with Crippen LogP contribution in [0.2, 0.25) is 0 Å². The topological polar surface area (TPSA) is 109 Å². The van der Waals surface area contributed by atoms with Crippen LogP contribution in [0.4, 0.5) is 0 Å². The molecule has 37 heavy (non-hydrogen) atoms. The van der Waals surface area contributed by atoms with Crippen molar-refractivity contribution in [3.63, 3.8) is 0 Å². The second-order valence-corrected chi connectivity index (χ2v) is 10.4. The number of imidazole rings is 1. The number of aliphatic hydroxyl groups is 1. The number of pyridine rings is 1. The summed E-state index contributed by atoms with van der Waals surface area (Å²) in [6.07, 6.45) is 2.84. The molecule has 3 heterocycles. The molecule has 1 fully saturated rings. The smallest absolute Gasteiger partial charge is 0.253 e. The van der Waals surface area contributed by atoms with Gasteiger partial charge in [-0.3, -0.25) is 14.4 Å². The zero-order chi connectivity index (χ0) is 26.9. The molecule has 1 amide bonds. The maximum atomic E-state index is 12.3. The highest BCUT2D eigenvalue weighted by Gasteiger charge is 2.25. The number of nitrogens with one attached hydrogen (secondary N) is 1. The molecule has 0 spiro atoms. The summed E-state index contributed by atoms with van der Waals surface area (Å²) in [6, 6.07) is 6.88. The summed E-state index contributed by atoms with van der Waals surface area (Å²) in [5.41, 5.74) is 4.08. The molecule has 1 aliphatic heterocycles. The lowest BCUT2D eigenvalue weighted by Gasteiger charge is -2.32. The van der Waals surface area contributed by atoms with E-state index in [-0.39, 0.29) is 17.4 Å². The average Bonchev–Trinajstić information content (AvgIpc) is 3.19. The molecule has 1 saturated heterocycles. The standard InChI is InChI=1S/C27H34ClN5O4/c1-16-10-21(15-31(4)27(16)37)26-30-22-8-7-19(12-29-24(17(2)34)25(28)36)11-23(22)33(26)14-20-6-5-9-32(13-20)18(3)35/h7-8,10-11,15,17,20,24,29,34H,5-6,9,12-14H2,1-4H3/t17-,20+,24+/m1/s1. The van der Waals surface area contributed by atoms with Crippen molar-refractivity contribution in [2.24, 2.45) is 13.0 Å². The highest BCUT2D eigenvalue weighted by Crippen LogP contribution is 2.29. The molecule has 1 aromatic carbocycles. The van der Waals surface area contributed by atoms with Crippen molar-refractivity contribution in [1.82, 2.24) is 24.3 Å². The van der Waals surface area contributed by atoms with Crippen LogP contribution in [0.25, 0.3) is 22.4 Å². The Morgan fingerprint density at radius 2 is 2.05 bits per heavy atom. The first-order valence-electron chi connectivity index (χ1n) is 12.6. The van der Waals surface area contributed by atoms with Crippen LogP contribution >= 0.6 is 11.6 Å². The van der Waals surface area contributed by atoms with E-state index in [9.17, 15) is 19.5 Å². The summed E-state index contributed by atoms with van der Waals surface area (Å²) in [7, 11) is 1.73. The minimum atomic E-state index is -0.922. The van der Waals surface area contributed by atoms with Crippen LogP contribution in [0.15, 0.2) is 35.3 Å². The summed E-state index contributed by atoms with van der Waals surface area (Å²) in [5, 5.41) is 12.3. The van der Waals surface area contributed by atoms with Crippen molar-refractivity contribution < 1.29 is 14.7 Å². The number of halogens is 1. The molecule has 2 aromatic heterocycles. The van der Waals surface area contributed by atoms with Crippen molar-refractivity contribution in [2.45, 2.75) is 58.8 Å². The van der Waals surface area contributed by atoms with Gasteiger partial charge in [-0.2, -0.15) is 0 Å². The number of hydrogen-bond acceptors (Lipinski definition) is 6. The fourth-order valence-electron chi connectivity index (χ4n) is 5.11. The Morgan fingerprint density at radius 1 is 1.30 bits per heavy atom. The Hall–Kier alpha value is -3.01. The van der Waals surface area contributed by atoms with Gasteiger partial charge in [0.1, 0.15) is 11.9 Å². The molecule has 0 aliphatic carbocycles. The third kappa shape index (κ3) is 5.95. The van der Waals surface area contributed by atoms with Gasteiger partial charge in [0.2, 0.25) is 11.1 Å². The highest BCUT2D eigenvalue weighted by atomic mass is 35.5. The number of fused-ring (bicyclic) bond motifs is 1. The van der Waals surface area contributed by atoms with Crippen molar-refractivity contribution in [2.75, 3.05) is 13.1 Å². The number of aliphatic hydroxyl groups excluding tert-OH is 1. The third-order valence-electron chi connectivity index (χ3n) is 7.09. The number of carbonyl (C=O) groups is 2. The van der Waals surface area contributed by atoms with Gasteiger partial charge in [-0.25, -0.2) is 4.98 Å². The van der Waals surface area contributed by atoms with E-state index in [1.54, 1.807) is 31.7 Å². The first-order valence-corrected chi connectivity index (χ1v) is 13.0. The molecule has 3 atom stereocenters. The lowest BCUT2D eigenvalue weighted by atomic mass is 9.97. The van der Waals surface area contributed by atoms with Gasteiger partial charge in [-0.05, 0) is 68.0 Å². The molecule has 0 radical (unpaired) electrons. The summed E-state index contributed by atoms with van der Waals surface area (Å²) in [4.78, 5) is 42.9.